The van der Waals surface area contributed by atoms with Crippen LogP contribution in [0.4, 0.5) is 5.00 Å². The molecule has 2 amide bonds. The lowest BCUT2D eigenvalue weighted by atomic mass is 9.88. The van der Waals surface area contributed by atoms with Gasteiger partial charge in [0.15, 0.2) is 0 Å². The number of thiophene rings is 1. The highest BCUT2D eigenvalue weighted by atomic mass is 32.1. The summed E-state index contributed by atoms with van der Waals surface area (Å²) in [5, 5.41) is 6.79. The lowest BCUT2D eigenvalue weighted by Crippen LogP contribution is -2.30. The van der Waals surface area contributed by atoms with Crippen molar-refractivity contribution in [1.82, 2.24) is 10.2 Å². The van der Waals surface area contributed by atoms with Crippen LogP contribution in [0.5, 0.6) is 0 Å². The van der Waals surface area contributed by atoms with E-state index in [-0.39, 0.29) is 11.8 Å². The quantitative estimate of drug-likeness (QED) is 0.576. The van der Waals surface area contributed by atoms with Crippen LogP contribution in [0.2, 0.25) is 0 Å². The average Bonchev–Trinajstić information content (AvgIpc) is 3.11. The van der Waals surface area contributed by atoms with Gasteiger partial charge in [0, 0.05) is 17.0 Å². The molecular formula is C24H33N3O2S. The van der Waals surface area contributed by atoms with E-state index in [1.165, 1.54) is 4.88 Å². The summed E-state index contributed by atoms with van der Waals surface area (Å²) >= 11 is 1.57. The van der Waals surface area contributed by atoms with E-state index in [4.69, 9.17) is 0 Å². The number of anilines is 1. The molecule has 0 fully saturated rings. The van der Waals surface area contributed by atoms with E-state index in [0.29, 0.717) is 28.6 Å². The van der Waals surface area contributed by atoms with Crippen molar-refractivity contribution in [2.24, 2.45) is 5.92 Å². The van der Waals surface area contributed by atoms with Crippen LogP contribution in [-0.4, -0.2) is 42.9 Å². The van der Waals surface area contributed by atoms with Gasteiger partial charge in [-0.05, 0) is 68.9 Å². The third-order valence-corrected chi connectivity index (χ3v) is 7.00. The van der Waals surface area contributed by atoms with Crippen molar-refractivity contribution >= 4 is 28.2 Å². The van der Waals surface area contributed by atoms with Crippen molar-refractivity contribution in [2.75, 3.05) is 31.5 Å². The summed E-state index contributed by atoms with van der Waals surface area (Å²) in [4.78, 5) is 29.4. The van der Waals surface area contributed by atoms with Crippen LogP contribution in [0.15, 0.2) is 30.3 Å². The van der Waals surface area contributed by atoms with Crippen molar-refractivity contribution < 1.29 is 9.59 Å². The fraction of sp³-hybridized carbons (Fsp3) is 0.500. The molecule has 5 nitrogen and oxygen atoms in total. The number of carbonyl (C=O) groups is 2. The molecule has 1 aliphatic carbocycles. The monoisotopic (exact) mass is 427 g/mol. The van der Waals surface area contributed by atoms with Crippen LogP contribution in [0.1, 0.15) is 64.8 Å². The van der Waals surface area contributed by atoms with Gasteiger partial charge in [-0.25, -0.2) is 0 Å². The van der Waals surface area contributed by atoms with Crippen LogP contribution in [0.3, 0.4) is 0 Å². The molecule has 0 bridgehead atoms. The number of carbonyl (C=O) groups excluding carboxylic acids is 2. The maximum atomic E-state index is 13.1. The van der Waals surface area contributed by atoms with Gasteiger partial charge in [-0.15, -0.1) is 11.3 Å². The van der Waals surface area contributed by atoms with Crippen molar-refractivity contribution in [1.29, 1.82) is 0 Å². The Labute approximate surface area is 183 Å². The van der Waals surface area contributed by atoms with Crippen LogP contribution in [0.25, 0.3) is 0 Å². The number of hydrogen-bond acceptors (Lipinski definition) is 4. The molecular weight excluding hydrogens is 394 g/mol. The summed E-state index contributed by atoms with van der Waals surface area (Å²) in [6.07, 6.45) is 3.88. The summed E-state index contributed by atoms with van der Waals surface area (Å²) in [6.45, 7) is 10.2. The number of nitrogens with one attached hydrogen (secondary N) is 2. The van der Waals surface area contributed by atoms with Crippen LogP contribution in [-0.2, 0) is 12.8 Å². The summed E-state index contributed by atoms with van der Waals surface area (Å²) in [7, 11) is 0. The number of fused-ring (bicyclic) bond motifs is 1. The van der Waals surface area contributed by atoms with E-state index in [9.17, 15) is 9.59 Å². The number of hydrogen-bond donors (Lipinski definition) is 2. The molecule has 2 N–H and O–H groups in total. The predicted octanol–water partition coefficient (Wildman–Crippen LogP) is 4.59. The average molecular weight is 428 g/mol. The Kier molecular flexibility index (Phi) is 8.05. The lowest BCUT2D eigenvalue weighted by molar-refractivity contribution is 0.0952. The molecule has 0 saturated carbocycles. The minimum Gasteiger partial charge on any atom is -0.352 e. The van der Waals surface area contributed by atoms with E-state index >= 15 is 0 Å². The first-order chi connectivity index (χ1) is 14.5. The number of amides is 2. The zero-order valence-corrected chi connectivity index (χ0v) is 19.1. The van der Waals surface area contributed by atoms with Gasteiger partial charge >= 0.3 is 0 Å². The Hall–Kier alpha value is -2.18. The fourth-order valence-corrected chi connectivity index (χ4v) is 5.38. The van der Waals surface area contributed by atoms with Crippen molar-refractivity contribution in [3.63, 3.8) is 0 Å². The highest BCUT2D eigenvalue weighted by Gasteiger charge is 2.28. The molecule has 0 spiro atoms. The van der Waals surface area contributed by atoms with E-state index in [0.717, 1.165) is 50.9 Å². The Bertz CT molecular complexity index is 859. The van der Waals surface area contributed by atoms with E-state index < -0.39 is 0 Å². The third kappa shape index (κ3) is 5.49. The van der Waals surface area contributed by atoms with E-state index in [2.05, 4.69) is 36.3 Å². The van der Waals surface area contributed by atoms with Gasteiger partial charge in [0.05, 0.1) is 5.56 Å². The Morgan fingerprint density at radius 1 is 1.13 bits per heavy atom. The molecule has 1 heterocycles. The maximum absolute atomic E-state index is 13.1. The van der Waals surface area contributed by atoms with Gasteiger partial charge in [-0.1, -0.05) is 39.0 Å². The molecule has 0 saturated heterocycles. The van der Waals surface area contributed by atoms with Gasteiger partial charge in [0.25, 0.3) is 11.8 Å². The third-order valence-electron chi connectivity index (χ3n) is 5.83. The second-order valence-corrected chi connectivity index (χ2v) is 9.12. The maximum Gasteiger partial charge on any atom is 0.256 e. The van der Waals surface area contributed by atoms with Crippen LogP contribution < -0.4 is 10.6 Å². The predicted molar refractivity (Wildman–Crippen MR) is 125 cm³/mol. The smallest absolute Gasteiger partial charge is 0.256 e. The molecule has 30 heavy (non-hydrogen) atoms. The van der Waals surface area contributed by atoms with Gasteiger partial charge < -0.3 is 15.5 Å². The van der Waals surface area contributed by atoms with Gasteiger partial charge in [0.2, 0.25) is 0 Å². The molecule has 3 rings (SSSR count). The largest absolute Gasteiger partial charge is 0.352 e. The minimum absolute atomic E-state index is 0.0649. The standard InChI is InChI=1S/C24H33N3O2S/c1-4-27(5-2)15-9-14-25-23(29)21-19-13-12-17(3)16-20(19)30-24(21)26-22(28)18-10-7-6-8-11-18/h6-8,10-11,17H,4-5,9,12-16H2,1-3H3,(H,25,29)(H,26,28)/t17-/m0/s1. The van der Waals surface area contributed by atoms with E-state index in [1.54, 1.807) is 23.5 Å². The summed E-state index contributed by atoms with van der Waals surface area (Å²) in [5.41, 5.74) is 2.40. The Morgan fingerprint density at radius 3 is 2.57 bits per heavy atom. The van der Waals surface area contributed by atoms with Crippen LogP contribution in [0, 0.1) is 5.92 Å². The Balaban J connectivity index is 1.74. The first-order valence-electron chi connectivity index (χ1n) is 11.0. The van der Waals surface area contributed by atoms with Crippen molar-refractivity contribution in [2.45, 2.75) is 46.5 Å². The molecule has 0 unspecified atom stereocenters. The molecule has 2 aromatic rings. The molecule has 1 atom stereocenters. The number of benzene rings is 1. The molecule has 1 aliphatic rings. The molecule has 1 aromatic heterocycles. The second kappa shape index (κ2) is 10.7. The lowest BCUT2D eigenvalue weighted by Gasteiger charge is -2.19. The van der Waals surface area contributed by atoms with E-state index in [1.807, 2.05) is 18.2 Å². The zero-order chi connectivity index (χ0) is 21.5. The van der Waals surface area contributed by atoms with Crippen LogP contribution >= 0.6 is 11.3 Å². The first kappa shape index (κ1) is 22.5. The van der Waals surface area contributed by atoms with Crippen molar-refractivity contribution in [3.05, 3.63) is 51.9 Å². The number of nitrogens with zero attached hydrogens (tertiary/aromatic N) is 1. The van der Waals surface area contributed by atoms with Crippen molar-refractivity contribution in [3.8, 4) is 0 Å². The zero-order valence-electron chi connectivity index (χ0n) is 18.3. The summed E-state index contributed by atoms with van der Waals surface area (Å²) in [6, 6.07) is 9.16. The first-order valence-corrected chi connectivity index (χ1v) is 11.9. The number of rotatable bonds is 9. The summed E-state index contributed by atoms with van der Waals surface area (Å²) in [5.74, 6) is 0.376. The SMILES string of the molecule is CCN(CC)CCCNC(=O)c1c(NC(=O)c2ccccc2)sc2c1CC[C@H](C)C2. The van der Waals surface area contributed by atoms with Gasteiger partial charge in [-0.2, -0.15) is 0 Å². The summed E-state index contributed by atoms with van der Waals surface area (Å²) < 4.78 is 0. The molecule has 6 heteroatoms. The second-order valence-electron chi connectivity index (χ2n) is 8.01. The molecule has 0 aliphatic heterocycles. The Morgan fingerprint density at radius 2 is 1.87 bits per heavy atom. The van der Waals surface area contributed by atoms with Gasteiger partial charge in [-0.3, -0.25) is 9.59 Å². The highest BCUT2D eigenvalue weighted by Crippen LogP contribution is 2.39. The normalized spacial score (nSPS) is 15.7. The molecule has 1 aromatic carbocycles. The topological polar surface area (TPSA) is 61.4 Å². The van der Waals surface area contributed by atoms with Gasteiger partial charge in [0.1, 0.15) is 5.00 Å². The highest BCUT2D eigenvalue weighted by molar-refractivity contribution is 7.17. The fourth-order valence-electron chi connectivity index (χ4n) is 3.98. The molecule has 162 valence electrons. The molecule has 0 radical (unpaired) electrons. The minimum atomic E-state index is -0.169.